The van der Waals surface area contributed by atoms with Gasteiger partial charge in [0.05, 0.1) is 27.7 Å². The van der Waals surface area contributed by atoms with Crippen molar-refractivity contribution < 1.29 is 42.1 Å². The van der Waals surface area contributed by atoms with E-state index in [-0.39, 0.29) is 25.6 Å². The Labute approximate surface area is 461 Å². The van der Waals surface area contributed by atoms with Gasteiger partial charge in [0.1, 0.15) is 19.8 Å². The number of ether oxygens (including phenoxy) is 2. The highest BCUT2D eigenvalue weighted by atomic mass is 31.2. The van der Waals surface area contributed by atoms with Crippen molar-refractivity contribution in [3.63, 3.8) is 0 Å². The van der Waals surface area contributed by atoms with Crippen molar-refractivity contribution in [2.75, 3.05) is 47.5 Å². The Morgan fingerprint density at radius 1 is 0.365 bits per heavy atom. The van der Waals surface area contributed by atoms with Gasteiger partial charge in [-0.15, -0.1) is 0 Å². The summed E-state index contributed by atoms with van der Waals surface area (Å²) in [5.41, 5.74) is 0. The predicted octanol–water partition coefficient (Wildman–Crippen LogP) is 20.6. The zero-order valence-electron chi connectivity index (χ0n) is 50.4. The van der Waals surface area contributed by atoms with E-state index in [0.717, 1.165) is 38.5 Å². The Bertz CT molecular complexity index is 1210. The van der Waals surface area contributed by atoms with Gasteiger partial charge in [-0.05, 0) is 12.8 Å². The van der Waals surface area contributed by atoms with Crippen molar-refractivity contribution >= 4 is 19.8 Å². The van der Waals surface area contributed by atoms with Gasteiger partial charge in [-0.1, -0.05) is 322 Å². The molecule has 0 heterocycles. The van der Waals surface area contributed by atoms with Crippen LogP contribution in [0.5, 0.6) is 0 Å². The van der Waals surface area contributed by atoms with Gasteiger partial charge in [-0.2, -0.15) is 0 Å². The number of carbonyl (C=O) groups excluding carboxylic acids is 2. The molecule has 0 bridgehead atoms. The van der Waals surface area contributed by atoms with Gasteiger partial charge in [0.2, 0.25) is 0 Å². The minimum Gasteiger partial charge on any atom is -0.462 e. The SMILES string of the molecule is CCCCCCCCCCCCCCCCCCCCCCCCCCCCCC(=O)OC(COC(=O)CCCCCCCCCCCCCCCCCCCCCCCCC)COP(=O)(O)OCC[N+](C)(C)C. The van der Waals surface area contributed by atoms with Crippen molar-refractivity contribution in [1.82, 2.24) is 0 Å². The van der Waals surface area contributed by atoms with E-state index < -0.39 is 26.5 Å². The van der Waals surface area contributed by atoms with E-state index in [0.29, 0.717) is 17.4 Å². The van der Waals surface area contributed by atoms with Crippen molar-refractivity contribution in [3.05, 3.63) is 0 Å². The number of rotatable bonds is 62. The third kappa shape index (κ3) is 60.2. The molecule has 0 aliphatic carbocycles. The van der Waals surface area contributed by atoms with E-state index in [9.17, 15) is 19.0 Å². The summed E-state index contributed by atoms with van der Waals surface area (Å²) in [6.07, 6.45) is 66.2. The molecule has 9 nitrogen and oxygen atoms in total. The molecular formula is C64H129NO8P+. The molecule has 74 heavy (non-hydrogen) atoms. The van der Waals surface area contributed by atoms with Crippen LogP contribution in [0.4, 0.5) is 0 Å². The van der Waals surface area contributed by atoms with Crippen LogP contribution in [0, 0.1) is 0 Å². The average molecular weight is 1070 g/mol. The molecule has 0 aromatic heterocycles. The summed E-state index contributed by atoms with van der Waals surface area (Å²) >= 11 is 0. The van der Waals surface area contributed by atoms with Gasteiger partial charge in [-0.3, -0.25) is 18.6 Å². The number of carbonyl (C=O) groups is 2. The van der Waals surface area contributed by atoms with Crippen LogP contribution in [-0.4, -0.2) is 74.9 Å². The van der Waals surface area contributed by atoms with Crippen molar-refractivity contribution in [3.8, 4) is 0 Å². The fraction of sp³-hybridized carbons (Fsp3) is 0.969. The van der Waals surface area contributed by atoms with Crippen molar-refractivity contribution in [2.45, 2.75) is 354 Å². The van der Waals surface area contributed by atoms with Crippen LogP contribution >= 0.6 is 7.82 Å². The average Bonchev–Trinajstić information content (AvgIpc) is 3.36. The number of quaternary nitrogens is 1. The normalized spacial score (nSPS) is 13.1. The van der Waals surface area contributed by atoms with E-state index in [4.69, 9.17) is 18.5 Å². The molecule has 0 amide bonds. The minimum atomic E-state index is -4.38. The number of unbranched alkanes of at least 4 members (excludes halogenated alkanes) is 48. The Balaban J connectivity index is 4.02. The molecule has 0 spiro atoms. The number of phosphoric acid groups is 1. The molecule has 0 aromatic rings. The lowest BCUT2D eigenvalue weighted by molar-refractivity contribution is -0.870. The van der Waals surface area contributed by atoms with E-state index >= 15 is 0 Å². The number of hydrogen-bond donors (Lipinski definition) is 1. The first kappa shape index (κ1) is 73.0. The Kier molecular flexibility index (Phi) is 56.0. The van der Waals surface area contributed by atoms with Crippen LogP contribution in [-0.2, 0) is 32.7 Å². The van der Waals surface area contributed by atoms with Gasteiger partial charge in [0.25, 0.3) is 0 Å². The smallest absolute Gasteiger partial charge is 0.462 e. The maximum Gasteiger partial charge on any atom is 0.472 e. The van der Waals surface area contributed by atoms with Gasteiger partial charge >= 0.3 is 19.8 Å². The van der Waals surface area contributed by atoms with Gasteiger partial charge in [0.15, 0.2) is 6.10 Å². The van der Waals surface area contributed by atoms with Crippen molar-refractivity contribution in [1.29, 1.82) is 0 Å². The first-order chi connectivity index (χ1) is 36.0. The molecule has 0 aromatic carbocycles. The second kappa shape index (κ2) is 56.7. The number of phosphoric ester groups is 1. The lowest BCUT2D eigenvalue weighted by Gasteiger charge is -2.24. The highest BCUT2D eigenvalue weighted by Gasteiger charge is 2.27. The maximum absolute atomic E-state index is 12.8. The summed E-state index contributed by atoms with van der Waals surface area (Å²) < 4.78 is 34.7. The predicted molar refractivity (Wildman–Crippen MR) is 317 cm³/mol. The highest BCUT2D eigenvalue weighted by Crippen LogP contribution is 2.43. The van der Waals surface area contributed by atoms with Crippen LogP contribution < -0.4 is 0 Å². The third-order valence-corrected chi connectivity index (χ3v) is 16.1. The van der Waals surface area contributed by atoms with Crippen LogP contribution in [0.3, 0.4) is 0 Å². The second-order valence-electron chi connectivity index (χ2n) is 23.9. The summed E-state index contributed by atoms with van der Waals surface area (Å²) in [7, 11) is 1.51. The standard InChI is InChI=1S/C64H128NO8P/c1-6-8-10-12-14-16-18-20-22-24-26-28-30-31-32-33-35-37-39-41-43-45-47-49-51-53-55-57-64(67)73-62(61-72-74(68,69)71-59-58-65(3,4)5)60-70-63(66)56-54-52-50-48-46-44-42-40-38-36-34-29-27-25-23-21-19-17-15-13-11-9-7-2/h62H,6-61H2,1-5H3/p+1. The number of esters is 2. The molecule has 0 radical (unpaired) electrons. The Hall–Kier alpha value is -0.990. The van der Waals surface area contributed by atoms with Crippen LogP contribution in [0.25, 0.3) is 0 Å². The van der Waals surface area contributed by atoms with Gasteiger partial charge < -0.3 is 18.9 Å². The molecule has 0 aliphatic heterocycles. The molecule has 0 saturated carbocycles. The van der Waals surface area contributed by atoms with Crippen LogP contribution in [0.15, 0.2) is 0 Å². The summed E-state index contributed by atoms with van der Waals surface area (Å²) in [5, 5.41) is 0. The summed E-state index contributed by atoms with van der Waals surface area (Å²) in [5.74, 6) is -0.769. The molecule has 1 N–H and O–H groups in total. The first-order valence-electron chi connectivity index (χ1n) is 32.8. The molecular weight excluding hydrogens is 942 g/mol. The van der Waals surface area contributed by atoms with E-state index in [2.05, 4.69) is 13.8 Å². The summed E-state index contributed by atoms with van der Waals surface area (Å²) in [6.45, 7) is 4.53. The Morgan fingerprint density at radius 3 is 0.865 bits per heavy atom. The number of nitrogens with zero attached hydrogens (tertiary/aromatic N) is 1. The molecule has 0 saturated heterocycles. The number of likely N-dealkylation sites (N-methyl/N-ethyl adjacent to an activating group) is 1. The Morgan fingerprint density at radius 2 is 0.608 bits per heavy atom. The van der Waals surface area contributed by atoms with E-state index in [1.165, 1.54) is 283 Å². The van der Waals surface area contributed by atoms with Gasteiger partial charge in [-0.25, -0.2) is 4.57 Å². The fourth-order valence-electron chi connectivity index (χ4n) is 10.1. The second-order valence-corrected chi connectivity index (χ2v) is 25.3. The zero-order valence-corrected chi connectivity index (χ0v) is 51.3. The third-order valence-electron chi connectivity index (χ3n) is 15.1. The lowest BCUT2D eigenvalue weighted by Crippen LogP contribution is -2.37. The quantitative estimate of drug-likeness (QED) is 0.0278. The summed E-state index contributed by atoms with van der Waals surface area (Å²) in [6, 6.07) is 0. The monoisotopic (exact) mass is 1070 g/mol. The largest absolute Gasteiger partial charge is 0.472 e. The molecule has 0 aliphatic rings. The minimum absolute atomic E-state index is 0.0376. The fourth-order valence-corrected chi connectivity index (χ4v) is 10.8. The lowest BCUT2D eigenvalue weighted by atomic mass is 10.0. The molecule has 2 unspecified atom stereocenters. The van der Waals surface area contributed by atoms with Crippen molar-refractivity contribution in [2.24, 2.45) is 0 Å². The number of hydrogen-bond acceptors (Lipinski definition) is 7. The topological polar surface area (TPSA) is 108 Å². The first-order valence-corrected chi connectivity index (χ1v) is 34.3. The molecule has 0 rings (SSSR count). The maximum atomic E-state index is 12.8. The van der Waals surface area contributed by atoms with E-state index in [1.54, 1.807) is 0 Å². The van der Waals surface area contributed by atoms with E-state index in [1.807, 2.05) is 21.1 Å². The van der Waals surface area contributed by atoms with Crippen LogP contribution in [0.2, 0.25) is 0 Å². The van der Waals surface area contributed by atoms with Crippen LogP contribution in [0.1, 0.15) is 348 Å². The zero-order chi connectivity index (χ0) is 54.2. The highest BCUT2D eigenvalue weighted by molar-refractivity contribution is 7.47. The summed E-state index contributed by atoms with van der Waals surface area (Å²) in [4.78, 5) is 35.8. The molecule has 442 valence electrons. The van der Waals surface area contributed by atoms with Gasteiger partial charge in [0, 0.05) is 12.8 Å². The molecule has 10 heteroatoms. The molecule has 0 fully saturated rings. The molecule has 2 atom stereocenters.